The van der Waals surface area contributed by atoms with E-state index in [0.717, 1.165) is 18.4 Å². The van der Waals surface area contributed by atoms with Gasteiger partial charge in [-0.1, -0.05) is 6.92 Å². The number of carbonyl (C=O) groups excluding carboxylic acids is 1. The number of hydrogen-bond donors (Lipinski definition) is 2. The average Bonchev–Trinajstić information content (AvgIpc) is 2.69. The van der Waals surface area contributed by atoms with Crippen molar-refractivity contribution in [2.75, 3.05) is 0 Å². The van der Waals surface area contributed by atoms with Crippen LogP contribution in [0.1, 0.15) is 40.0 Å². The molecule has 0 saturated heterocycles. The quantitative estimate of drug-likeness (QED) is 0.653. The highest BCUT2D eigenvalue weighted by Gasteiger charge is 2.56. The van der Waals surface area contributed by atoms with Crippen molar-refractivity contribution in [2.45, 2.75) is 51.2 Å². The zero-order valence-corrected chi connectivity index (χ0v) is 11.6. The van der Waals surface area contributed by atoms with Crippen molar-refractivity contribution in [3.05, 3.63) is 23.0 Å². The number of ether oxygens (including phenoxy) is 1. The predicted octanol–water partition coefficient (Wildman–Crippen LogP) is 1.68. The molecule has 0 spiro atoms. The molecule has 0 aromatic rings. The van der Waals surface area contributed by atoms with E-state index in [9.17, 15) is 15.0 Å². The van der Waals surface area contributed by atoms with Gasteiger partial charge in [-0.15, -0.1) is 0 Å². The van der Waals surface area contributed by atoms with Gasteiger partial charge in [-0.25, -0.2) is 4.79 Å². The second-order valence-corrected chi connectivity index (χ2v) is 6.43. The molecule has 2 N–H and O–H groups in total. The summed E-state index contributed by atoms with van der Waals surface area (Å²) in [5.74, 6) is -0.0490. The van der Waals surface area contributed by atoms with Crippen molar-refractivity contribution in [1.82, 2.24) is 0 Å². The molecule has 19 heavy (non-hydrogen) atoms. The summed E-state index contributed by atoms with van der Waals surface area (Å²) in [5, 5.41) is 21.7. The maximum atomic E-state index is 11.7. The second kappa shape index (κ2) is 3.70. The van der Waals surface area contributed by atoms with Crippen LogP contribution in [0.5, 0.6) is 0 Å². The predicted molar refractivity (Wildman–Crippen MR) is 69.0 cm³/mol. The van der Waals surface area contributed by atoms with E-state index in [2.05, 4.69) is 0 Å². The molecule has 1 saturated carbocycles. The van der Waals surface area contributed by atoms with E-state index >= 15 is 0 Å². The molecule has 1 fully saturated rings. The molecule has 4 nitrogen and oxygen atoms in total. The molecule has 0 aromatic heterocycles. The number of fused-ring (bicyclic) bond motifs is 2. The number of allylic oxidation sites excluding steroid dienone is 1. The number of carbonyl (C=O) groups is 1. The fourth-order valence-corrected chi connectivity index (χ4v) is 3.89. The van der Waals surface area contributed by atoms with Crippen LogP contribution in [0.4, 0.5) is 0 Å². The molecule has 2 aliphatic carbocycles. The Morgan fingerprint density at radius 3 is 2.74 bits per heavy atom. The smallest absolute Gasteiger partial charge is 0.339 e. The monoisotopic (exact) mass is 264 g/mol. The van der Waals surface area contributed by atoms with Gasteiger partial charge in [-0.05, 0) is 38.7 Å². The third kappa shape index (κ3) is 1.63. The van der Waals surface area contributed by atoms with E-state index < -0.39 is 11.2 Å². The van der Waals surface area contributed by atoms with Crippen molar-refractivity contribution >= 4 is 5.97 Å². The third-order valence-corrected chi connectivity index (χ3v) is 5.19. The van der Waals surface area contributed by atoms with Gasteiger partial charge >= 0.3 is 5.97 Å². The van der Waals surface area contributed by atoms with E-state index in [1.54, 1.807) is 19.9 Å². The molecule has 0 aromatic carbocycles. The summed E-state index contributed by atoms with van der Waals surface area (Å²) >= 11 is 0. The van der Waals surface area contributed by atoms with Gasteiger partial charge in [0.15, 0.2) is 0 Å². The standard InChI is InChI=1S/C15H20O4/c1-8-4-5-12-14(3,17)7-11-10(6-15(8,12)18)9(2)13(16)19-11/h7-8,12,17-18H,4-6H2,1-3H3/t8-,12-,14-,15-/m0/s1. The summed E-state index contributed by atoms with van der Waals surface area (Å²) in [6.45, 7) is 5.42. The molecule has 0 unspecified atom stereocenters. The Kier molecular flexibility index (Phi) is 2.51. The van der Waals surface area contributed by atoms with Gasteiger partial charge in [0.2, 0.25) is 0 Å². The minimum Gasteiger partial charge on any atom is -0.423 e. The van der Waals surface area contributed by atoms with Crippen molar-refractivity contribution in [1.29, 1.82) is 0 Å². The number of esters is 1. The second-order valence-electron chi connectivity index (χ2n) is 6.43. The Morgan fingerprint density at radius 1 is 1.37 bits per heavy atom. The SMILES string of the molecule is CC1=C2C[C@@]3(O)[C@@H](CC[C@@H]3C)[C@@](C)(O)C=C2OC1=O. The number of hydrogen-bond acceptors (Lipinski definition) is 4. The lowest BCUT2D eigenvalue weighted by atomic mass is 9.74. The van der Waals surface area contributed by atoms with Crippen molar-refractivity contribution in [2.24, 2.45) is 11.8 Å². The van der Waals surface area contributed by atoms with E-state index in [1.165, 1.54) is 0 Å². The maximum Gasteiger partial charge on any atom is 0.339 e. The summed E-state index contributed by atoms with van der Waals surface area (Å²) < 4.78 is 5.22. The van der Waals surface area contributed by atoms with Crippen LogP contribution in [-0.4, -0.2) is 27.4 Å². The molecule has 3 aliphatic rings. The molecular weight excluding hydrogens is 244 g/mol. The lowest BCUT2D eigenvalue weighted by Gasteiger charge is -2.39. The topological polar surface area (TPSA) is 66.8 Å². The Labute approximate surface area is 112 Å². The van der Waals surface area contributed by atoms with E-state index in [0.29, 0.717) is 17.8 Å². The van der Waals surface area contributed by atoms with Crippen LogP contribution < -0.4 is 0 Å². The molecule has 4 atom stereocenters. The summed E-state index contributed by atoms with van der Waals surface area (Å²) in [5.41, 5.74) is -0.812. The van der Waals surface area contributed by atoms with Gasteiger partial charge in [0.25, 0.3) is 0 Å². The van der Waals surface area contributed by atoms with Gasteiger partial charge in [0, 0.05) is 23.5 Å². The minimum absolute atomic E-state index is 0.104. The highest BCUT2D eigenvalue weighted by atomic mass is 16.5. The van der Waals surface area contributed by atoms with Crippen LogP contribution in [-0.2, 0) is 9.53 Å². The number of rotatable bonds is 0. The summed E-state index contributed by atoms with van der Waals surface area (Å²) in [7, 11) is 0. The molecule has 0 radical (unpaired) electrons. The van der Waals surface area contributed by atoms with Crippen LogP contribution in [0.2, 0.25) is 0 Å². The lowest BCUT2D eigenvalue weighted by molar-refractivity contribution is -0.133. The minimum atomic E-state index is -1.15. The van der Waals surface area contributed by atoms with Crippen molar-refractivity contribution < 1.29 is 19.7 Å². The van der Waals surface area contributed by atoms with Crippen LogP contribution in [0.15, 0.2) is 23.0 Å². The molecule has 3 rings (SSSR count). The van der Waals surface area contributed by atoms with E-state index in [1.807, 2.05) is 6.92 Å². The molecule has 1 heterocycles. The van der Waals surface area contributed by atoms with Gasteiger partial charge in [0.05, 0.1) is 11.2 Å². The van der Waals surface area contributed by atoms with Crippen molar-refractivity contribution in [3.63, 3.8) is 0 Å². The van der Waals surface area contributed by atoms with Crippen LogP contribution in [0.25, 0.3) is 0 Å². The molecule has 4 heteroatoms. The third-order valence-electron chi connectivity index (χ3n) is 5.19. The Morgan fingerprint density at radius 2 is 2.05 bits per heavy atom. The molecule has 104 valence electrons. The number of aliphatic hydroxyl groups is 2. The fourth-order valence-electron chi connectivity index (χ4n) is 3.89. The summed E-state index contributed by atoms with van der Waals surface area (Å²) in [6, 6.07) is 0. The molecular formula is C15H20O4. The largest absolute Gasteiger partial charge is 0.423 e. The fraction of sp³-hybridized carbons (Fsp3) is 0.667. The molecule has 1 aliphatic heterocycles. The normalized spacial score (nSPS) is 45.5. The van der Waals surface area contributed by atoms with Crippen molar-refractivity contribution in [3.8, 4) is 0 Å². The Bertz CT molecular complexity index is 514. The maximum absolute atomic E-state index is 11.7. The van der Waals surface area contributed by atoms with Crippen LogP contribution in [0, 0.1) is 11.8 Å². The zero-order valence-electron chi connectivity index (χ0n) is 11.6. The highest BCUT2D eigenvalue weighted by Crippen LogP contribution is 2.53. The first-order valence-electron chi connectivity index (χ1n) is 6.85. The molecule has 0 bridgehead atoms. The van der Waals surface area contributed by atoms with Crippen LogP contribution >= 0.6 is 0 Å². The first kappa shape index (κ1) is 12.9. The van der Waals surface area contributed by atoms with Gasteiger partial charge in [0.1, 0.15) is 5.76 Å². The van der Waals surface area contributed by atoms with Gasteiger partial charge in [-0.2, -0.15) is 0 Å². The summed E-state index contributed by atoms with van der Waals surface area (Å²) in [4.78, 5) is 11.7. The summed E-state index contributed by atoms with van der Waals surface area (Å²) in [6.07, 6.45) is 3.67. The molecule has 0 amide bonds. The average molecular weight is 264 g/mol. The van der Waals surface area contributed by atoms with Gasteiger partial charge in [-0.3, -0.25) is 0 Å². The first-order chi connectivity index (χ1) is 8.75. The lowest BCUT2D eigenvalue weighted by Crippen LogP contribution is -2.48. The zero-order chi connectivity index (χ0) is 14.0. The van der Waals surface area contributed by atoms with E-state index in [-0.39, 0.29) is 17.8 Å². The van der Waals surface area contributed by atoms with Gasteiger partial charge < -0.3 is 14.9 Å². The first-order valence-corrected chi connectivity index (χ1v) is 6.85. The Hall–Kier alpha value is -1.13. The van der Waals surface area contributed by atoms with Crippen LogP contribution in [0.3, 0.4) is 0 Å². The highest BCUT2D eigenvalue weighted by molar-refractivity contribution is 5.94. The Balaban J connectivity index is 2.16. The van der Waals surface area contributed by atoms with E-state index in [4.69, 9.17) is 4.74 Å².